The number of nitrogens with one attached hydrogen (secondary N) is 1. The SMILES string of the molecule is O=C(COC(=O)c1ccc2c(c1)OCO2)Nc1ccc(C(F)(F)F)cc1. The molecular weight excluding hydrogens is 355 g/mol. The third kappa shape index (κ3) is 4.05. The summed E-state index contributed by atoms with van der Waals surface area (Å²) in [5.41, 5.74) is -0.497. The number of halogens is 3. The Morgan fingerprint density at radius 2 is 1.73 bits per heavy atom. The highest BCUT2D eigenvalue weighted by atomic mass is 19.4. The number of ether oxygens (including phenoxy) is 3. The summed E-state index contributed by atoms with van der Waals surface area (Å²) in [6.45, 7) is -0.530. The lowest BCUT2D eigenvalue weighted by atomic mass is 10.2. The molecule has 1 aliphatic rings. The smallest absolute Gasteiger partial charge is 0.416 e. The van der Waals surface area contributed by atoms with Gasteiger partial charge in [0.05, 0.1) is 11.1 Å². The van der Waals surface area contributed by atoms with Gasteiger partial charge in [0.25, 0.3) is 5.91 Å². The molecule has 26 heavy (non-hydrogen) atoms. The number of esters is 1. The highest BCUT2D eigenvalue weighted by Gasteiger charge is 2.30. The molecule has 0 unspecified atom stereocenters. The van der Waals surface area contributed by atoms with Crippen LogP contribution in [0.3, 0.4) is 0 Å². The summed E-state index contributed by atoms with van der Waals surface area (Å²) in [6.07, 6.45) is -4.46. The zero-order chi connectivity index (χ0) is 18.7. The Bertz CT molecular complexity index is 833. The van der Waals surface area contributed by atoms with Crippen molar-refractivity contribution in [1.29, 1.82) is 0 Å². The predicted molar refractivity (Wildman–Crippen MR) is 82.9 cm³/mol. The molecule has 0 radical (unpaired) electrons. The van der Waals surface area contributed by atoms with Gasteiger partial charge in [-0.25, -0.2) is 4.79 Å². The van der Waals surface area contributed by atoms with Crippen LogP contribution in [-0.4, -0.2) is 25.3 Å². The van der Waals surface area contributed by atoms with E-state index in [1.807, 2.05) is 0 Å². The fraction of sp³-hybridized carbons (Fsp3) is 0.176. The van der Waals surface area contributed by atoms with Crippen molar-refractivity contribution in [2.45, 2.75) is 6.18 Å². The number of hydrogen-bond donors (Lipinski definition) is 1. The summed E-state index contributed by atoms with van der Waals surface area (Å²) < 4.78 is 52.6. The Kier molecular flexibility index (Phi) is 4.70. The van der Waals surface area contributed by atoms with E-state index in [4.69, 9.17) is 14.2 Å². The largest absolute Gasteiger partial charge is 0.454 e. The molecule has 1 N–H and O–H groups in total. The first-order chi connectivity index (χ1) is 12.3. The first-order valence-electron chi connectivity index (χ1n) is 7.37. The first-order valence-corrected chi connectivity index (χ1v) is 7.37. The number of rotatable bonds is 4. The monoisotopic (exact) mass is 367 g/mol. The zero-order valence-corrected chi connectivity index (χ0v) is 13.1. The molecule has 1 amide bonds. The van der Waals surface area contributed by atoms with Crippen LogP contribution in [0.15, 0.2) is 42.5 Å². The van der Waals surface area contributed by atoms with Gasteiger partial charge in [0, 0.05) is 5.69 Å². The number of alkyl halides is 3. The van der Waals surface area contributed by atoms with E-state index in [2.05, 4.69) is 5.32 Å². The van der Waals surface area contributed by atoms with Gasteiger partial charge in [-0.1, -0.05) is 0 Å². The van der Waals surface area contributed by atoms with Crippen molar-refractivity contribution in [1.82, 2.24) is 0 Å². The van der Waals surface area contributed by atoms with Gasteiger partial charge in [-0.15, -0.1) is 0 Å². The van der Waals surface area contributed by atoms with Crippen molar-refractivity contribution in [2.24, 2.45) is 0 Å². The van der Waals surface area contributed by atoms with E-state index >= 15 is 0 Å². The molecule has 0 fully saturated rings. The van der Waals surface area contributed by atoms with E-state index in [1.54, 1.807) is 6.07 Å². The van der Waals surface area contributed by atoms with Crippen LogP contribution in [0.1, 0.15) is 15.9 Å². The second kappa shape index (κ2) is 6.95. The normalized spacial score (nSPS) is 12.6. The van der Waals surface area contributed by atoms with Crippen molar-refractivity contribution >= 4 is 17.6 Å². The fourth-order valence-corrected chi connectivity index (χ4v) is 2.18. The maximum absolute atomic E-state index is 12.5. The first kappa shape index (κ1) is 17.6. The molecular formula is C17H12F3NO5. The van der Waals surface area contributed by atoms with Crippen molar-refractivity contribution in [3.8, 4) is 11.5 Å². The topological polar surface area (TPSA) is 73.9 Å². The Balaban J connectivity index is 1.53. The van der Waals surface area contributed by atoms with Crippen molar-refractivity contribution in [3.63, 3.8) is 0 Å². The van der Waals surface area contributed by atoms with Gasteiger partial charge < -0.3 is 19.5 Å². The van der Waals surface area contributed by atoms with Crippen LogP contribution in [-0.2, 0) is 15.7 Å². The zero-order valence-electron chi connectivity index (χ0n) is 13.1. The molecule has 0 saturated heterocycles. The van der Waals surface area contributed by atoms with Crippen LogP contribution in [0, 0.1) is 0 Å². The maximum atomic E-state index is 12.5. The number of carbonyl (C=O) groups is 2. The highest BCUT2D eigenvalue weighted by molar-refractivity contribution is 5.95. The number of carbonyl (C=O) groups excluding carboxylic acids is 2. The second-order valence-corrected chi connectivity index (χ2v) is 5.27. The summed E-state index contributed by atoms with van der Waals surface area (Å²) in [6, 6.07) is 8.34. The van der Waals surface area contributed by atoms with Crippen LogP contribution < -0.4 is 14.8 Å². The molecule has 0 bridgehead atoms. The molecule has 6 nitrogen and oxygen atoms in total. The summed E-state index contributed by atoms with van der Waals surface area (Å²) in [5, 5.41) is 2.34. The minimum atomic E-state index is -4.46. The molecule has 3 rings (SSSR count). The third-order valence-corrected chi connectivity index (χ3v) is 3.44. The van der Waals surface area contributed by atoms with Gasteiger partial charge in [-0.05, 0) is 42.5 Å². The molecule has 0 aliphatic carbocycles. The molecule has 0 spiro atoms. The minimum Gasteiger partial charge on any atom is -0.454 e. The van der Waals surface area contributed by atoms with Gasteiger partial charge in [0.1, 0.15) is 0 Å². The van der Waals surface area contributed by atoms with Crippen LogP contribution in [0.2, 0.25) is 0 Å². The van der Waals surface area contributed by atoms with E-state index in [0.717, 1.165) is 24.3 Å². The Morgan fingerprint density at radius 3 is 2.42 bits per heavy atom. The van der Waals surface area contributed by atoms with Gasteiger partial charge in [0.2, 0.25) is 6.79 Å². The molecule has 136 valence electrons. The average molecular weight is 367 g/mol. The molecule has 1 heterocycles. The molecule has 0 aromatic heterocycles. The lowest BCUT2D eigenvalue weighted by Gasteiger charge is -2.09. The number of anilines is 1. The summed E-state index contributed by atoms with van der Waals surface area (Å²) in [7, 11) is 0. The van der Waals surface area contributed by atoms with Gasteiger partial charge >= 0.3 is 12.1 Å². The number of hydrogen-bond acceptors (Lipinski definition) is 5. The van der Waals surface area contributed by atoms with E-state index in [1.165, 1.54) is 12.1 Å². The standard InChI is InChI=1S/C17H12F3NO5/c18-17(19,20)11-2-4-12(5-3-11)21-15(22)8-24-16(23)10-1-6-13-14(7-10)26-9-25-13/h1-7H,8-9H2,(H,21,22). The highest BCUT2D eigenvalue weighted by Crippen LogP contribution is 2.32. The molecule has 0 atom stereocenters. The number of amides is 1. The van der Waals surface area contributed by atoms with Crippen molar-refractivity contribution in [3.05, 3.63) is 53.6 Å². The average Bonchev–Trinajstić information content (AvgIpc) is 3.07. The van der Waals surface area contributed by atoms with Crippen LogP contribution in [0.25, 0.3) is 0 Å². The van der Waals surface area contributed by atoms with Gasteiger partial charge in [-0.2, -0.15) is 13.2 Å². The summed E-state index contributed by atoms with van der Waals surface area (Å²) >= 11 is 0. The van der Waals surface area contributed by atoms with Crippen molar-refractivity contribution in [2.75, 3.05) is 18.7 Å². The predicted octanol–water partition coefficient (Wildman–Crippen LogP) is 3.23. The molecule has 1 aliphatic heterocycles. The van der Waals surface area contributed by atoms with Gasteiger partial charge in [-0.3, -0.25) is 4.79 Å². The van der Waals surface area contributed by atoms with Gasteiger partial charge in [0.15, 0.2) is 18.1 Å². The van der Waals surface area contributed by atoms with E-state index in [0.29, 0.717) is 11.5 Å². The second-order valence-electron chi connectivity index (χ2n) is 5.27. The summed E-state index contributed by atoms with van der Waals surface area (Å²) in [4.78, 5) is 23.7. The molecule has 2 aromatic carbocycles. The van der Waals surface area contributed by atoms with Crippen molar-refractivity contribution < 1.29 is 37.0 Å². The molecule has 9 heteroatoms. The third-order valence-electron chi connectivity index (χ3n) is 3.44. The minimum absolute atomic E-state index is 0.0589. The van der Waals surface area contributed by atoms with Crippen LogP contribution >= 0.6 is 0 Å². The van der Waals surface area contributed by atoms with E-state index in [9.17, 15) is 22.8 Å². The maximum Gasteiger partial charge on any atom is 0.416 e. The fourth-order valence-electron chi connectivity index (χ4n) is 2.18. The number of benzene rings is 2. The lowest BCUT2D eigenvalue weighted by Crippen LogP contribution is -2.21. The molecule has 2 aromatic rings. The van der Waals surface area contributed by atoms with E-state index in [-0.39, 0.29) is 18.0 Å². The Hall–Kier alpha value is -3.23. The van der Waals surface area contributed by atoms with E-state index < -0.39 is 30.2 Å². The number of fused-ring (bicyclic) bond motifs is 1. The lowest BCUT2D eigenvalue weighted by molar-refractivity contribution is -0.137. The van der Waals surface area contributed by atoms with Crippen LogP contribution in [0.4, 0.5) is 18.9 Å². The molecule has 0 saturated carbocycles. The Labute approximate surface area is 145 Å². The summed E-state index contributed by atoms with van der Waals surface area (Å²) in [5.74, 6) is -0.528. The quantitative estimate of drug-likeness (QED) is 0.840. The van der Waals surface area contributed by atoms with Crippen LogP contribution in [0.5, 0.6) is 11.5 Å². The Morgan fingerprint density at radius 1 is 1.04 bits per heavy atom.